The Morgan fingerprint density at radius 2 is 2.12 bits per heavy atom. The van der Waals surface area contributed by atoms with Crippen LogP contribution >= 0.6 is 11.8 Å². The van der Waals surface area contributed by atoms with Gasteiger partial charge in [-0.3, -0.25) is 0 Å². The van der Waals surface area contributed by atoms with Crippen LogP contribution in [0.25, 0.3) is 0 Å². The first-order valence-electron chi connectivity index (χ1n) is 6.12. The monoisotopic (exact) mass is 253 g/mol. The molecular weight excluding hydrogens is 234 g/mol. The van der Waals surface area contributed by atoms with Gasteiger partial charge in [0.15, 0.2) is 0 Å². The maximum absolute atomic E-state index is 5.74. The highest BCUT2D eigenvalue weighted by molar-refractivity contribution is 7.99. The highest BCUT2D eigenvalue weighted by Gasteiger charge is 2.14. The highest BCUT2D eigenvalue weighted by atomic mass is 32.2. The van der Waals surface area contributed by atoms with E-state index in [9.17, 15) is 0 Å². The van der Waals surface area contributed by atoms with Gasteiger partial charge in [0, 0.05) is 25.3 Å². The first-order chi connectivity index (χ1) is 8.29. The van der Waals surface area contributed by atoms with Crippen molar-refractivity contribution in [1.29, 1.82) is 0 Å². The predicted octanol–water partition coefficient (Wildman–Crippen LogP) is 1.35. The van der Waals surface area contributed by atoms with Gasteiger partial charge in [0.2, 0.25) is 11.9 Å². The Kier molecular flexibility index (Phi) is 4.42. The third kappa shape index (κ3) is 3.46. The van der Waals surface area contributed by atoms with E-state index in [1.165, 1.54) is 12.2 Å². The molecule has 0 aliphatic carbocycles. The van der Waals surface area contributed by atoms with Gasteiger partial charge in [-0.25, -0.2) is 0 Å². The van der Waals surface area contributed by atoms with Gasteiger partial charge in [0.25, 0.3) is 0 Å². The fraction of sp³-hybridized carbons (Fsp3) is 0.727. The fourth-order valence-electron chi connectivity index (χ4n) is 1.85. The highest BCUT2D eigenvalue weighted by Crippen LogP contribution is 2.16. The zero-order valence-electron chi connectivity index (χ0n) is 10.2. The maximum atomic E-state index is 5.74. The lowest BCUT2D eigenvalue weighted by atomic mass is 10.3. The van der Waals surface area contributed by atoms with Gasteiger partial charge in [0.1, 0.15) is 5.82 Å². The minimum Gasteiger partial charge on any atom is -0.368 e. The number of nitrogens with two attached hydrogens (primary N) is 1. The molecule has 0 atom stereocenters. The minimum absolute atomic E-state index is 0.343. The number of hydrogen-bond acceptors (Lipinski definition) is 6. The van der Waals surface area contributed by atoms with Crippen LogP contribution in [0.4, 0.5) is 11.9 Å². The van der Waals surface area contributed by atoms with Crippen molar-refractivity contribution in [2.45, 2.75) is 26.2 Å². The summed E-state index contributed by atoms with van der Waals surface area (Å²) in [6.07, 6.45) is 3.07. The Balaban J connectivity index is 2.17. The van der Waals surface area contributed by atoms with Gasteiger partial charge in [0.05, 0.1) is 0 Å². The molecule has 2 rings (SSSR count). The number of hydrogen-bond donors (Lipinski definition) is 1. The topological polar surface area (TPSA) is 67.9 Å². The van der Waals surface area contributed by atoms with E-state index in [-0.39, 0.29) is 0 Å². The van der Waals surface area contributed by atoms with Crippen LogP contribution in [0.3, 0.4) is 0 Å². The first kappa shape index (κ1) is 12.4. The van der Waals surface area contributed by atoms with Crippen molar-refractivity contribution in [2.24, 2.45) is 0 Å². The van der Waals surface area contributed by atoms with Crippen molar-refractivity contribution in [3.05, 3.63) is 5.82 Å². The van der Waals surface area contributed by atoms with E-state index < -0.39 is 0 Å². The molecule has 0 spiro atoms. The molecule has 1 saturated heterocycles. The van der Waals surface area contributed by atoms with Crippen molar-refractivity contribution >= 4 is 23.7 Å². The average Bonchev–Trinajstić information content (AvgIpc) is 2.57. The molecule has 17 heavy (non-hydrogen) atoms. The third-order valence-electron chi connectivity index (χ3n) is 2.67. The van der Waals surface area contributed by atoms with Gasteiger partial charge >= 0.3 is 0 Å². The van der Waals surface area contributed by atoms with Crippen LogP contribution in [0.15, 0.2) is 0 Å². The van der Waals surface area contributed by atoms with Crippen LogP contribution in [-0.2, 0) is 6.42 Å². The summed E-state index contributed by atoms with van der Waals surface area (Å²) in [5, 5.41) is 0. The smallest absolute Gasteiger partial charge is 0.230 e. The van der Waals surface area contributed by atoms with Crippen molar-refractivity contribution in [3.8, 4) is 0 Å². The van der Waals surface area contributed by atoms with Gasteiger partial charge in [-0.2, -0.15) is 26.7 Å². The first-order valence-corrected chi connectivity index (χ1v) is 7.28. The van der Waals surface area contributed by atoms with Crippen molar-refractivity contribution in [3.63, 3.8) is 0 Å². The SMILES string of the molecule is CCCc1nc(N)nc(N2CCCSCC2)n1. The lowest BCUT2D eigenvalue weighted by Gasteiger charge is -2.20. The van der Waals surface area contributed by atoms with E-state index in [0.717, 1.165) is 43.5 Å². The summed E-state index contributed by atoms with van der Waals surface area (Å²) in [5.41, 5.74) is 5.74. The second kappa shape index (κ2) is 6.05. The Labute approximate surface area is 106 Å². The molecule has 0 unspecified atom stereocenters. The van der Waals surface area contributed by atoms with Crippen LogP contribution in [0.1, 0.15) is 25.6 Å². The number of nitrogen functional groups attached to an aromatic ring is 1. The summed E-state index contributed by atoms with van der Waals surface area (Å²) < 4.78 is 0. The normalized spacial score (nSPS) is 16.9. The molecule has 2 heterocycles. The molecule has 1 aromatic rings. The van der Waals surface area contributed by atoms with E-state index in [2.05, 4.69) is 26.8 Å². The molecule has 0 radical (unpaired) electrons. The predicted molar refractivity (Wildman–Crippen MR) is 72.4 cm³/mol. The molecule has 1 aliphatic heterocycles. The van der Waals surface area contributed by atoms with Crippen LogP contribution in [0, 0.1) is 0 Å². The number of aromatic nitrogens is 3. The van der Waals surface area contributed by atoms with Crippen molar-refractivity contribution in [2.75, 3.05) is 35.2 Å². The summed E-state index contributed by atoms with van der Waals surface area (Å²) in [6, 6.07) is 0. The Bertz CT molecular complexity index is 363. The van der Waals surface area contributed by atoms with Crippen LogP contribution < -0.4 is 10.6 Å². The fourth-order valence-corrected chi connectivity index (χ4v) is 2.73. The number of thioether (sulfide) groups is 1. The summed E-state index contributed by atoms with van der Waals surface area (Å²) in [4.78, 5) is 15.1. The van der Waals surface area contributed by atoms with Gasteiger partial charge in [-0.1, -0.05) is 6.92 Å². The molecule has 5 nitrogen and oxygen atoms in total. The van der Waals surface area contributed by atoms with Crippen molar-refractivity contribution in [1.82, 2.24) is 15.0 Å². The van der Waals surface area contributed by atoms with E-state index in [0.29, 0.717) is 5.95 Å². The van der Waals surface area contributed by atoms with E-state index in [1.54, 1.807) is 0 Å². The van der Waals surface area contributed by atoms with E-state index in [4.69, 9.17) is 5.73 Å². The zero-order chi connectivity index (χ0) is 12.1. The largest absolute Gasteiger partial charge is 0.368 e. The number of nitrogens with zero attached hydrogens (tertiary/aromatic N) is 4. The van der Waals surface area contributed by atoms with Crippen LogP contribution in [-0.4, -0.2) is 39.5 Å². The van der Waals surface area contributed by atoms with Gasteiger partial charge in [-0.05, 0) is 18.6 Å². The second-order valence-corrected chi connectivity index (χ2v) is 5.34. The molecule has 1 fully saturated rings. The van der Waals surface area contributed by atoms with Crippen LogP contribution in [0.5, 0.6) is 0 Å². The average molecular weight is 253 g/mol. The molecule has 6 heteroatoms. The number of aryl methyl sites for hydroxylation is 1. The number of anilines is 2. The summed E-state index contributed by atoms with van der Waals surface area (Å²) in [6.45, 7) is 4.13. The third-order valence-corrected chi connectivity index (χ3v) is 3.71. The standard InChI is InChI=1S/C11H19N5S/c1-2-4-9-13-10(12)15-11(14-9)16-5-3-7-17-8-6-16/h2-8H2,1H3,(H2,12,13,14,15). The summed E-state index contributed by atoms with van der Waals surface area (Å²) >= 11 is 1.99. The quantitative estimate of drug-likeness (QED) is 0.877. The maximum Gasteiger partial charge on any atom is 0.230 e. The lowest BCUT2D eigenvalue weighted by Crippen LogP contribution is -2.28. The Hall–Kier alpha value is -1.04. The second-order valence-electron chi connectivity index (χ2n) is 4.11. The molecular formula is C11H19N5S. The minimum atomic E-state index is 0.343. The molecule has 0 saturated carbocycles. The molecule has 0 bridgehead atoms. The molecule has 0 amide bonds. The lowest BCUT2D eigenvalue weighted by molar-refractivity contribution is 0.752. The summed E-state index contributed by atoms with van der Waals surface area (Å²) in [5.74, 6) is 4.26. The Morgan fingerprint density at radius 3 is 2.94 bits per heavy atom. The molecule has 1 aromatic heterocycles. The van der Waals surface area contributed by atoms with Crippen molar-refractivity contribution < 1.29 is 0 Å². The molecule has 1 aliphatic rings. The molecule has 0 aromatic carbocycles. The van der Waals surface area contributed by atoms with Gasteiger partial charge < -0.3 is 10.6 Å². The molecule has 94 valence electrons. The van der Waals surface area contributed by atoms with Gasteiger partial charge in [-0.15, -0.1) is 0 Å². The molecule has 2 N–H and O–H groups in total. The Morgan fingerprint density at radius 1 is 1.24 bits per heavy atom. The summed E-state index contributed by atoms with van der Waals surface area (Å²) in [7, 11) is 0. The van der Waals surface area contributed by atoms with E-state index in [1.807, 2.05) is 11.8 Å². The zero-order valence-corrected chi connectivity index (χ0v) is 11.0. The number of rotatable bonds is 3. The van der Waals surface area contributed by atoms with E-state index >= 15 is 0 Å². The van der Waals surface area contributed by atoms with Crippen LogP contribution in [0.2, 0.25) is 0 Å².